The predicted octanol–water partition coefficient (Wildman–Crippen LogP) is 4.05. The number of guanidine groups is 1. The van der Waals surface area contributed by atoms with Gasteiger partial charge in [-0.2, -0.15) is 0 Å². The van der Waals surface area contributed by atoms with Crippen LogP contribution in [0.1, 0.15) is 30.7 Å². The Morgan fingerprint density at radius 2 is 1.81 bits per heavy atom. The Labute approximate surface area is 180 Å². The fourth-order valence-corrected chi connectivity index (χ4v) is 2.61. The summed E-state index contributed by atoms with van der Waals surface area (Å²) in [7, 11) is 2.06. The number of benzene rings is 1. The van der Waals surface area contributed by atoms with Crippen molar-refractivity contribution < 1.29 is 4.74 Å². The molecule has 0 aliphatic heterocycles. The number of halogens is 1. The lowest BCUT2D eigenvalue weighted by molar-refractivity contribution is 0.340. The summed E-state index contributed by atoms with van der Waals surface area (Å²) >= 11 is 0. The second-order valence-electron chi connectivity index (χ2n) is 6.23. The zero-order valence-electron chi connectivity index (χ0n) is 16.7. The molecule has 0 spiro atoms. The fourth-order valence-electron chi connectivity index (χ4n) is 2.61. The van der Waals surface area contributed by atoms with Crippen LogP contribution >= 0.6 is 24.0 Å². The average molecular weight is 482 g/mol. The average Bonchev–Trinajstić information content (AvgIpc) is 2.64. The van der Waals surface area contributed by atoms with Gasteiger partial charge in [-0.05, 0) is 56.5 Å². The molecular weight excluding hydrogens is 451 g/mol. The minimum atomic E-state index is 0. The molecule has 0 fully saturated rings. The zero-order chi connectivity index (χ0) is 18.8. The molecule has 0 aliphatic carbocycles. The molecule has 27 heavy (non-hydrogen) atoms. The fraction of sp³-hybridized carbons (Fsp3) is 0.429. The molecule has 0 radical (unpaired) electrons. The number of ether oxygens (including phenoxy) is 1. The van der Waals surface area contributed by atoms with E-state index < -0.39 is 0 Å². The normalized spacial score (nSPS) is 10.9. The summed E-state index contributed by atoms with van der Waals surface area (Å²) in [4.78, 5) is 11.2. The third-order valence-corrected chi connectivity index (χ3v) is 3.99. The number of nitrogens with one attached hydrogen (secondary N) is 1. The predicted molar refractivity (Wildman–Crippen MR) is 123 cm³/mol. The van der Waals surface area contributed by atoms with Gasteiger partial charge in [0.2, 0.25) is 0 Å². The smallest absolute Gasteiger partial charge is 0.193 e. The van der Waals surface area contributed by atoms with Gasteiger partial charge in [0, 0.05) is 38.6 Å². The van der Waals surface area contributed by atoms with Crippen molar-refractivity contribution in [1.82, 2.24) is 15.2 Å². The third-order valence-electron chi connectivity index (χ3n) is 3.99. The number of nitrogens with zero attached hydrogens (tertiary/aromatic N) is 3. The number of rotatable bonds is 8. The van der Waals surface area contributed by atoms with Gasteiger partial charge in [-0.15, -0.1) is 24.0 Å². The van der Waals surface area contributed by atoms with Crippen molar-refractivity contribution in [3.05, 3.63) is 59.4 Å². The van der Waals surface area contributed by atoms with Gasteiger partial charge in [-0.3, -0.25) is 9.98 Å². The second-order valence-corrected chi connectivity index (χ2v) is 6.23. The molecule has 6 heteroatoms. The summed E-state index contributed by atoms with van der Waals surface area (Å²) in [5.74, 6) is 1.83. The summed E-state index contributed by atoms with van der Waals surface area (Å²) in [6, 6.07) is 12.4. The molecule has 0 bridgehead atoms. The van der Waals surface area contributed by atoms with E-state index in [2.05, 4.69) is 47.4 Å². The summed E-state index contributed by atoms with van der Waals surface area (Å²) in [5.41, 5.74) is 3.48. The molecule has 1 aromatic carbocycles. The highest BCUT2D eigenvalue weighted by molar-refractivity contribution is 14.0. The highest BCUT2D eigenvalue weighted by Crippen LogP contribution is 2.13. The number of aromatic nitrogens is 1. The molecule has 1 N–H and O–H groups in total. The van der Waals surface area contributed by atoms with Crippen LogP contribution in [0.3, 0.4) is 0 Å². The van der Waals surface area contributed by atoms with Crippen LogP contribution in [-0.4, -0.2) is 42.6 Å². The lowest BCUT2D eigenvalue weighted by Gasteiger charge is -2.22. The van der Waals surface area contributed by atoms with Gasteiger partial charge in [0.15, 0.2) is 5.96 Å². The van der Waals surface area contributed by atoms with Crippen molar-refractivity contribution in [1.29, 1.82) is 0 Å². The van der Waals surface area contributed by atoms with Gasteiger partial charge in [0.25, 0.3) is 0 Å². The monoisotopic (exact) mass is 482 g/mol. The lowest BCUT2D eigenvalue weighted by Crippen LogP contribution is -2.38. The minimum Gasteiger partial charge on any atom is -0.494 e. The molecule has 1 heterocycles. The van der Waals surface area contributed by atoms with Gasteiger partial charge < -0.3 is 15.0 Å². The summed E-state index contributed by atoms with van der Waals surface area (Å²) < 4.78 is 5.50. The van der Waals surface area contributed by atoms with Gasteiger partial charge in [0.1, 0.15) is 5.75 Å². The quantitative estimate of drug-likeness (QED) is 0.351. The Kier molecular flexibility index (Phi) is 10.8. The second kappa shape index (κ2) is 12.5. The summed E-state index contributed by atoms with van der Waals surface area (Å²) in [6.45, 7) is 9.15. The molecule has 0 saturated heterocycles. The maximum atomic E-state index is 5.50. The molecular formula is C21H31IN4O. The molecule has 2 rings (SSSR count). The Balaban J connectivity index is 0.00000364. The van der Waals surface area contributed by atoms with E-state index in [1.54, 1.807) is 0 Å². The third kappa shape index (κ3) is 8.15. The van der Waals surface area contributed by atoms with Crippen molar-refractivity contribution >= 4 is 29.9 Å². The molecule has 1 aromatic heterocycles. The molecule has 5 nitrogen and oxygen atoms in total. The van der Waals surface area contributed by atoms with Crippen LogP contribution in [-0.2, 0) is 13.0 Å². The van der Waals surface area contributed by atoms with Gasteiger partial charge in [-0.25, -0.2) is 0 Å². The van der Waals surface area contributed by atoms with E-state index in [-0.39, 0.29) is 24.0 Å². The molecule has 0 saturated carbocycles. The first-order chi connectivity index (χ1) is 12.6. The van der Waals surface area contributed by atoms with Crippen molar-refractivity contribution in [3.63, 3.8) is 0 Å². The largest absolute Gasteiger partial charge is 0.494 e. The van der Waals surface area contributed by atoms with Crippen LogP contribution in [0.5, 0.6) is 5.75 Å². The van der Waals surface area contributed by atoms with Gasteiger partial charge in [0.05, 0.1) is 6.61 Å². The highest BCUT2D eigenvalue weighted by atomic mass is 127. The SMILES string of the molecule is CCNC(=NCCc1ccc(C)nc1)N(C)Cc1ccc(OCC)cc1.I. The molecule has 0 amide bonds. The zero-order valence-corrected chi connectivity index (χ0v) is 19.1. The van der Waals surface area contributed by atoms with Crippen LogP contribution in [0.4, 0.5) is 0 Å². The summed E-state index contributed by atoms with van der Waals surface area (Å²) in [5, 5.41) is 3.37. The highest BCUT2D eigenvalue weighted by Gasteiger charge is 2.07. The van der Waals surface area contributed by atoms with E-state index >= 15 is 0 Å². The molecule has 0 atom stereocenters. The number of aryl methyl sites for hydroxylation is 1. The first kappa shape index (κ1) is 23.2. The first-order valence-electron chi connectivity index (χ1n) is 9.25. The lowest BCUT2D eigenvalue weighted by atomic mass is 10.2. The van der Waals surface area contributed by atoms with E-state index in [0.29, 0.717) is 6.61 Å². The molecule has 0 aliphatic rings. The van der Waals surface area contributed by atoms with E-state index in [4.69, 9.17) is 9.73 Å². The van der Waals surface area contributed by atoms with Crippen LogP contribution in [0.15, 0.2) is 47.6 Å². The van der Waals surface area contributed by atoms with Crippen molar-refractivity contribution in [2.24, 2.45) is 4.99 Å². The van der Waals surface area contributed by atoms with Gasteiger partial charge in [-0.1, -0.05) is 18.2 Å². The maximum absolute atomic E-state index is 5.50. The molecule has 0 unspecified atom stereocenters. The van der Waals surface area contributed by atoms with Crippen molar-refractivity contribution in [2.75, 3.05) is 26.7 Å². The van der Waals surface area contributed by atoms with Crippen molar-refractivity contribution in [2.45, 2.75) is 33.7 Å². The van der Waals surface area contributed by atoms with Crippen LogP contribution in [0.2, 0.25) is 0 Å². The Morgan fingerprint density at radius 1 is 1.11 bits per heavy atom. The maximum Gasteiger partial charge on any atom is 0.193 e. The Morgan fingerprint density at radius 3 is 2.41 bits per heavy atom. The molecule has 148 valence electrons. The van der Waals surface area contributed by atoms with E-state index in [1.807, 2.05) is 38.2 Å². The topological polar surface area (TPSA) is 49.8 Å². The number of hydrogen-bond donors (Lipinski definition) is 1. The van der Waals surface area contributed by atoms with E-state index in [0.717, 1.165) is 43.5 Å². The van der Waals surface area contributed by atoms with E-state index in [9.17, 15) is 0 Å². The summed E-state index contributed by atoms with van der Waals surface area (Å²) in [6.07, 6.45) is 2.82. The standard InChI is InChI=1S/C21H30N4O.HI/c1-5-22-21(23-14-13-18-8-7-17(3)24-15-18)25(4)16-19-9-11-20(12-10-19)26-6-2;/h7-12,15H,5-6,13-14,16H2,1-4H3,(H,22,23);1H. The van der Waals surface area contributed by atoms with Crippen molar-refractivity contribution in [3.8, 4) is 5.75 Å². The van der Waals surface area contributed by atoms with Crippen LogP contribution < -0.4 is 10.1 Å². The molecule has 2 aromatic rings. The van der Waals surface area contributed by atoms with Gasteiger partial charge >= 0.3 is 0 Å². The van der Waals surface area contributed by atoms with Crippen LogP contribution in [0.25, 0.3) is 0 Å². The van der Waals surface area contributed by atoms with Crippen LogP contribution in [0, 0.1) is 6.92 Å². The number of aliphatic imine (C=N–C) groups is 1. The van der Waals surface area contributed by atoms with E-state index in [1.165, 1.54) is 11.1 Å². The Hall–Kier alpha value is -1.83. The number of hydrogen-bond acceptors (Lipinski definition) is 3. The first-order valence-corrected chi connectivity index (χ1v) is 9.25. The number of pyridine rings is 1. The minimum absolute atomic E-state index is 0. The Bertz CT molecular complexity index is 686.